The van der Waals surface area contributed by atoms with Crippen LogP contribution < -0.4 is 9.80 Å². The van der Waals surface area contributed by atoms with Crippen LogP contribution in [0.3, 0.4) is 0 Å². The van der Waals surface area contributed by atoms with Crippen LogP contribution in [0, 0.1) is 0 Å². The summed E-state index contributed by atoms with van der Waals surface area (Å²) in [6.07, 6.45) is 4.19. The standard InChI is InChI=1S/C20H21N3O/c1-21-12-14-22(15-13-21)20(24)23-18-8-4-2-6-16(18)10-11-17-7-3-5-9-19(17)23/h2-11H,12-15H2,1H3/p+1. The van der Waals surface area contributed by atoms with Crippen LogP contribution in [0.15, 0.2) is 48.5 Å². The number of urea groups is 1. The number of likely N-dealkylation sites (N-methyl/N-ethyl adjacent to an activating group) is 1. The minimum absolute atomic E-state index is 0.0751. The third kappa shape index (κ3) is 2.59. The number of piperazine rings is 1. The van der Waals surface area contributed by atoms with E-state index in [9.17, 15) is 4.79 Å². The SMILES string of the molecule is C[NH+]1CCN(C(=O)N2c3ccccc3C=Cc3ccccc32)CC1. The molecule has 0 saturated carbocycles. The number of fused-ring (bicyclic) bond motifs is 2. The van der Waals surface area contributed by atoms with Gasteiger partial charge < -0.3 is 9.80 Å². The van der Waals surface area contributed by atoms with Gasteiger partial charge in [-0.15, -0.1) is 0 Å². The van der Waals surface area contributed by atoms with Crippen molar-refractivity contribution in [1.82, 2.24) is 4.90 Å². The monoisotopic (exact) mass is 320 g/mol. The molecule has 0 radical (unpaired) electrons. The zero-order valence-corrected chi connectivity index (χ0v) is 13.9. The molecule has 0 bridgehead atoms. The van der Waals surface area contributed by atoms with Gasteiger partial charge >= 0.3 is 6.03 Å². The lowest BCUT2D eigenvalue weighted by atomic mass is 10.1. The van der Waals surface area contributed by atoms with Crippen molar-refractivity contribution >= 4 is 29.6 Å². The van der Waals surface area contributed by atoms with Crippen LogP contribution in [0.25, 0.3) is 12.2 Å². The number of nitrogens with zero attached hydrogens (tertiary/aromatic N) is 2. The smallest absolute Gasteiger partial charge is 0.329 e. The number of quaternary nitrogens is 1. The van der Waals surface area contributed by atoms with E-state index in [-0.39, 0.29) is 6.03 Å². The van der Waals surface area contributed by atoms with Gasteiger partial charge in [-0.05, 0) is 23.3 Å². The van der Waals surface area contributed by atoms with Crippen LogP contribution in [-0.2, 0) is 0 Å². The Morgan fingerprint density at radius 2 is 1.38 bits per heavy atom. The number of carbonyl (C=O) groups is 1. The summed E-state index contributed by atoms with van der Waals surface area (Å²) in [5, 5.41) is 0. The lowest BCUT2D eigenvalue weighted by molar-refractivity contribution is -0.883. The fourth-order valence-electron chi connectivity index (χ4n) is 3.40. The maximum atomic E-state index is 13.4. The molecule has 0 aromatic heterocycles. The quantitative estimate of drug-likeness (QED) is 0.792. The van der Waals surface area contributed by atoms with E-state index in [0.29, 0.717) is 0 Å². The van der Waals surface area contributed by atoms with E-state index in [1.807, 2.05) is 46.2 Å². The summed E-state index contributed by atoms with van der Waals surface area (Å²) in [4.78, 5) is 18.7. The fraction of sp³-hybridized carbons (Fsp3) is 0.250. The molecule has 0 atom stereocenters. The molecule has 2 aromatic rings. The van der Waals surface area contributed by atoms with E-state index in [0.717, 1.165) is 48.7 Å². The second-order valence-electron chi connectivity index (χ2n) is 6.51. The summed E-state index contributed by atoms with van der Waals surface area (Å²) in [6.45, 7) is 3.61. The Kier molecular flexibility index (Phi) is 3.82. The molecular weight excluding hydrogens is 298 g/mol. The highest BCUT2D eigenvalue weighted by atomic mass is 16.2. The first-order valence-electron chi connectivity index (χ1n) is 8.50. The van der Waals surface area contributed by atoms with Crippen LogP contribution in [0.1, 0.15) is 11.1 Å². The first kappa shape index (κ1) is 15.0. The lowest BCUT2D eigenvalue weighted by Crippen LogP contribution is -3.12. The van der Waals surface area contributed by atoms with Crippen LogP contribution >= 0.6 is 0 Å². The second kappa shape index (κ2) is 6.13. The Hall–Kier alpha value is -2.59. The molecule has 2 amide bonds. The topological polar surface area (TPSA) is 28.0 Å². The number of hydrogen-bond acceptors (Lipinski definition) is 1. The molecule has 2 heterocycles. The Labute approximate surface area is 142 Å². The second-order valence-corrected chi connectivity index (χ2v) is 6.51. The molecule has 1 N–H and O–H groups in total. The number of carbonyl (C=O) groups excluding carboxylic acids is 1. The largest absolute Gasteiger partial charge is 0.334 e. The van der Waals surface area contributed by atoms with E-state index < -0.39 is 0 Å². The van der Waals surface area contributed by atoms with Gasteiger partial charge in [0.25, 0.3) is 0 Å². The highest BCUT2D eigenvalue weighted by Crippen LogP contribution is 2.36. The van der Waals surface area contributed by atoms with Crippen molar-refractivity contribution in [2.75, 3.05) is 38.1 Å². The van der Waals surface area contributed by atoms with Crippen molar-refractivity contribution in [3.8, 4) is 0 Å². The van der Waals surface area contributed by atoms with Crippen molar-refractivity contribution in [2.24, 2.45) is 0 Å². The van der Waals surface area contributed by atoms with E-state index in [4.69, 9.17) is 0 Å². The maximum absolute atomic E-state index is 13.4. The molecule has 1 fully saturated rings. The summed E-state index contributed by atoms with van der Waals surface area (Å²) in [7, 11) is 2.18. The molecule has 2 aliphatic heterocycles. The molecule has 4 rings (SSSR count). The van der Waals surface area contributed by atoms with Crippen LogP contribution in [-0.4, -0.2) is 44.2 Å². The highest BCUT2D eigenvalue weighted by Gasteiger charge is 2.30. The number of nitrogens with one attached hydrogen (secondary N) is 1. The predicted molar refractivity (Wildman–Crippen MR) is 97.5 cm³/mol. The van der Waals surface area contributed by atoms with Crippen molar-refractivity contribution in [2.45, 2.75) is 0 Å². The van der Waals surface area contributed by atoms with Crippen molar-refractivity contribution in [3.63, 3.8) is 0 Å². The van der Waals surface area contributed by atoms with Gasteiger partial charge in [0, 0.05) is 0 Å². The van der Waals surface area contributed by atoms with Gasteiger partial charge in [-0.3, -0.25) is 4.90 Å². The van der Waals surface area contributed by atoms with Gasteiger partial charge in [-0.2, -0.15) is 0 Å². The van der Waals surface area contributed by atoms with Crippen molar-refractivity contribution in [1.29, 1.82) is 0 Å². The summed E-state index contributed by atoms with van der Waals surface area (Å²) in [6, 6.07) is 16.3. The number of anilines is 2. The Bertz CT molecular complexity index is 741. The number of benzene rings is 2. The molecule has 0 spiro atoms. The number of amides is 2. The minimum atomic E-state index is 0.0751. The van der Waals surface area contributed by atoms with E-state index in [1.165, 1.54) is 4.90 Å². The number of hydrogen-bond donors (Lipinski definition) is 1. The zero-order chi connectivity index (χ0) is 16.5. The van der Waals surface area contributed by atoms with Crippen molar-refractivity contribution < 1.29 is 9.69 Å². The van der Waals surface area contributed by atoms with E-state index >= 15 is 0 Å². The molecular formula is C20H22N3O+. The molecule has 4 heteroatoms. The Balaban J connectivity index is 1.78. The predicted octanol–water partition coefficient (Wildman–Crippen LogP) is 2.26. The van der Waals surface area contributed by atoms with Crippen LogP contribution in [0.4, 0.5) is 16.2 Å². The van der Waals surface area contributed by atoms with Crippen LogP contribution in [0.5, 0.6) is 0 Å². The van der Waals surface area contributed by atoms with Gasteiger partial charge in [-0.25, -0.2) is 4.79 Å². The average Bonchev–Trinajstić information content (AvgIpc) is 2.79. The third-order valence-electron chi connectivity index (χ3n) is 4.88. The van der Waals surface area contributed by atoms with E-state index in [2.05, 4.69) is 31.3 Å². The lowest BCUT2D eigenvalue weighted by Gasteiger charge is -2.35. The van der Waals surface area contributed by atoms with E-state index in [1.54, 1.807) is 0 Å². The summed E-state index contributed by atoms with van der Waals surface area (Å²) in [5.41, 5.74) is 4.05. The molecule has 4 nitrogen and oxygen atoms in total. The van der Waals surface area contributed by atoms with Gasteiger partial charge in [-0.1, -0.05) is 48.6 Å². The van der Waals surface area contributed by atoms with Gasteiger partial charge in [0.1, 0.15) is 0 Å². The molecule has 2 aliphatic rings. The Morgan fingerprint density at radius 1 is 0.875 bits per heavy atom. The average molecular weight is 320 g/mol. The summed E-state index contributed by atoms with van der Waals surface area (Å²) >= 11 is 0. The normalized spacial score (nSPS) is 17.2. The Morgan fingerprint density at radius 3 is 1.92 bits per heavy atom. The maximum Gasteiger partial charge on any atom is 0.329 e. The van der Waals surface area contributed by atoms with Gasteiger partial charge in [0.15, 0.2) is 0 Å². The van der Waals surface area contributed by atoms with Crippen LogP contribution in [0.2, 0.25) is 0 Å². The first-order valence-corrected chi connectivity index (χ1v) is 8.50. The number of para-hydroxylation sites is 2. The first-order chi connectivity index (χ1) is 11.7. The molecule has 0 unspecified atom stereocenters. The molecule has 122 valence electrons. The molecule has 24 heavy (non-hydrogen) atoms. The van der Waals surface area contributed by atoms with Gasteiger partial charge in [0.2, 0.25) is 0 Å². The van der Waals surface area contributed by atoms with Gasteiger partial charge in [0.05, 0.1) is 44.6 Å². The molecule has 1 saturated heterocycles. The zero-order valence-electron chi connectivity index (χ0n) is 13.9. The summed E-state index contributed by atoms with van der Waals surface area (Å²) in [5.74, 6) is 0. The fourth-order valence-corrected chi connectivity index (χ4v) is 3.40. The summed E-state index contributed by atoms with van der Waals surface area (Å²) < 4.78 is 0. The highest BCUT2D eigenvalue weighted by molar-refractivity contribution is 6.05. The molecule has 2 aromatic carbocycles. The minimum Gasteiger partial charge on any atom is -0.334 e. The molecule has 0 aliphatic carbocycles. The van der Waals surface area contributed by atoms with Crippen molar-refractivity contribution in [3.05, 3.63) is 59.7 Å². The number of rotatable bonds is 0. The third-order valence-corrected chi connectivity index (χ3v) is 4.88.